The van der Waals surface area contributed by atoms with Gasteiger partial charge in [-0.05, 0) is 42.7 Å². The monoisotopic (exact) mass is 475 g/mol. The van der Waals surface area contributed by atoms with Gasteiger partial charge in [-0.25, -0.2) is 0 Å². The first-order valence-electron chi connectivity index (χ1n) is 10.8. The van der Waals surface area contributed by atoms with Crippen molar-refractivity contribution in [2.75, 3.05) is 20.3 Å². The standard InChI is InChI=1S/C26H25N3O4S/c1-3-32-13-7-12-29-25(30)24(34-26(29)21(16-27)17-28)15-20-10-11-22(31-2)23(14-20)33-18-19-8-5-4-6-9-19/h4-6,8-11,14-15H,3,7,12-13,18H2,1-2H3/b24-15+. The Labute approximate surface area is 202 Å². The fourth-order valence-corrected chi connectivity index (χ4v) is 4.36. The van der Waals surface area contributed by atoms with Gasteiger partial charge in [0.15, 0.2) is 17.1 Å². The second-order valence-corrected chi connectivity index (χ2v) is 8.24. The van der Waals surface area contributed by atoms with Crippen LogP contribution < -0.4 is 24.2 Å². The molecule has 174 valence electrons. The molecule has 7 nitrogen and oxygen atoms in total. The zero-order valence-electron chi connectivity index (χ0n) is 19.1. The lowest BCUT2D eigenvalue weighted by Crippen LogP contribution is -2.32. The second-order valence-electron chi connectivity index (χ2n) is 7.21. The molecule has 0 radical (unpaired) electrons. The predicted molar refractivity (Wildman–Crippen MR) is 131 cm³/mol. The molecule has 0 amide bonds. The van der Waals surface area contributed by atoms with Gasteiger partial charge in [-0.1, -0.05) is 36.4 Å². The summed E-state index contributed by atoms with van der Waals surface area (Å²) in [7, 11) is 1.57. The van der Waals surface area contributed by atoms with Gasteiger partial charge in [0.25, 0.3) is 5.56 Å². The number of methoxy groups -OCH3 is 1. The number of ether oxygens (including phenoxy) is 3. The van der Waals surface area contributed by atoms with Crippen LogP contribution in [0.25, 0.3) is 11.6 Å². The van der Waals surface area contributed by atoms with Crippen molar-refractivity contribution in [1.82, 2.24) is 4.57 Å². The van der Waals surface area contributed by atoms with Crippen LogP contribution in [0, 0.1) is 22.7 Å². The van der Waals surface area contributed by atoms with E-state index in [4.69, 9.17) is 14.2 Å². The Bertz CT molecular complexity index is 1360. The molecular weight excluding hydrogens is 450 g/mol. The normalized spacial score (nSPS) is 11.0. The molecular formula is C26H25N3O4S. The molecule has 0 aliphatic rings. The second kappa shape index (κ2) is 12.4. The molecule has 3 rings (SSSR count). The number of thiazole rings is 1. The van der Waals surface area contributed by atoms with E-state index in [2.05, 4.69) is 0 Å². The summed E-state index contributed by atoms with van der Waals surface area (Å²) in [6.45, 7) is 3.72. The van der Waals surface area contributed by atoms with Gasteiger partial charge in [0.2, 0.25) is 0 Å². The third kappa shape index (κ3) is 6.14. The Morgan fingerprint density at radius 1 is 1.12 bits per heavy atom. The molecule has 34 heavy (non-hydrogen) atoms. The average Bonchev–Trinajstić information content (AvgIpc) is 3.16. The maximum atomic E-state index is 13.1. The van der Waals surface area contributed by atoms with E-state index in [1.54, 1.807) is 25.3 Å². The lowest BCUT2D eigenvalue weighted by molar-refractivity contribution is 0.141. The van der Waals surface area contributed by atoms with Crippen LogP contribution in [0.3, 0.4) is 0 Å². The summed E-state index contributed by atoms with van der Waals surface area (Å²) in [6, 6.07) is 19.0. The highest BCUT2D eigenvalue weighted by Gasteiger charge is 2.11. The van der Waals surface area contributed by atoms with Crippen LogP contribution in [0.5, 0.6) is 11.5 Å². The maximum Gasteiger partial charge on any atom is 0.269 e. The molecule has 0 N–H and O–H groups in total. The molecule has 0 aliphatic carbocycles. The minimum Gasteiger partial charge on any atom is -0.493 e. The van der Waals surface area contributed by atoms with Crippen LogP contribution in [-0.2, 0) is 17.9 Å². The topological polar surface area (TPSA) is 97.3 Å². The fraction of sp³-hybridized carbons (Fsp3) is 0.269. The summed E-state index contributed by atoms with van der Waals surface area (Å²) in [6.07, 6.45) is 2.33. The number of benzene rings is 2. The predicted octanol–water partition coefficient (Wildman–Crippen LogP) is 2.95. The molecule has 0 bridgehead atoms. The SMILES string of the molecule is CCOCCCn1c(=C(C#N)C#N)s/c(=C/c2ccc(OC)c(OCc3ccccc3)c2)c1=O. The summed E-state index contributed by atoms with van der Waals surface area (Å²) in [5.74, 6) is 1.13. The molecule has 0 fully saturated rings. The zero-order valence-corrected chi connectivity index (χ0v) is 19.9. The molecule has 0 atom stereocenters. The molecule has 0 spiro atoms. The van der Waals surface area contributed by atoms with E-state index in [1.807, 2.05) is 55.5 Å². The fourth-order valence-electron chi connectivity index (χ4n) is 3.28. The number of hydrogen-bond acceptors (Lipinski definition) is 7. The average molecular weight is 476 g/mol. The van der Waals surface area contributed by atoms with Crippen molar-refractivity contribution in [1.29, 1.82) is 10.5 Å². The van der Waals surface area contributed by atoms with E-state index in [1.165, 1.54) is 4.57 Å². The highest BCUT2D eigenvalue weighted by molar-refractivity contribution is 7.07. The lowest BCUT2D eigenvalue weighted by Gasteiger charge is -2.11. The van der Waals surface area contributed by atoms with Crippen LogP contribution in [0.4, 0.5) is 0 Å². The smallest absolute Gasteiger partial charge is 0.269 e. The van der Waals surface area contributed by atoms with Crippen molar-refractivity contribution >= 4 is 23.0 Å². The molecule has 0 aliphatic heterocycles. The Morgan fingerprint density at radius 3 is 2.56 bits per heavy atom. The molecule has 8 heteroatoms. The Hall–Kier alpha value is -3.85. The molecule has 3 aromatic rings. The maximum absolute atomic E-state index is 13.1. The number of hydrogen-bond donors (Lipinski definition) is 0. The van der Waals surface area contributed by atoms with Crippen molar-refractivity contribution in [3.63, 3.8) is 0 Å². The van der Waals surface area contributed by atoms with E-state index in [-0.39, 0.29) is 11.1 Å². The third-order valence-corrected chi connectivity index (χ3v) is 6.07. The van der Waals surface area contributed by atoms with E-state index in [0.717, 1.165) is 22.5 Å². The summed E-state index contributed by atoms with van der Waals surface area (Å²) in [5.41, 5.74) is 1.43. The van der Waals surface area contributed by atoms with Crippen LogP contribution in [0.2, 0.25) is 0 Å². The van der Waals surface area contributed by atoms with E-state index < -0.39 is 0 Å². The highest BCUT2D eigenvalue weighted by Crippen LogP contribution is 2.29. The third-order valence-electron chi connectivity index (χ3n) is 4.94. The molecule has 0 saturated carbocycles. The van der Waals surface area contributed by atoms with Gasteiger partial charge in [-0.3, -0.25) is 9.36 Å². The van der Waals surface area contributed by atoms with Crippen molar-refractivity contribution in [2.45, 2.75) is 26.5 Å². The van der Waals surface area contributed by atoms with Gasteiger partial charge in [0, 0.05) is 19.8 Å². The Kier molecular flexibility index (Phi) is 9.04. The van der Waals surface area contributed by atoms with Crippen molar-refractivity contribution in [2.24, 2.45) is 0 Å². The van der Waals surface area contributed by atoms with Gasteiger partial charge in [-0.15, -0.1) is 11.3 Å². The zero-order chi connectivity index (χ0) is 24.3. The molecule has 0 saturated heterocycles. The van der Waals surface area contributed by atoms with E-state index in [0.29, 0.717) is 53.5 Å². The van der Waals surface area contributed by atoms with Crippen molar-refractivity contribution in [3.05, 3.63) is 79.2 Å². The van der Waals surface area contributed by atoms with Crippen LogP contribution >= 0.6 is 11.3 Å². The first kappa shape index (κ1) is 24.8. The minimum atomic E-state index is -0.248. The summed E-state index contributed by atoms with van der Waals surface area (Å²) < 4.78 is 19.0. The van der Waals surface area contributed by atoms with Gasteiger partial charge in [-0.2, -0.15) is 10.5 Å². The first-order chi connectivity index (χ1) is 16.6. The number of nitrogens with zero attached hydrogens (tertiary/aromatic N) is 3. The number of aromatic nitrogens is 1. The lowest BCUT2D eigenvalue weighted by atomic mass is 10.2. The van der Waals surface area contributed by atoms with Crippen molar-refractivity contribution in [3.8, 4) is 23.6 Å². The molecule has 2 aromatic carbocycles. The summed E-state index contributed by atoms with van der Waals surface area (Å²) in [4.78, 5) is 13.1. The molecule has 1 aromatic heterocycles. The number of nitriles is 2. The summed E-state index contributed by atoms with van der Waals surface area (Å²) >= 11 is 1.13. The van der Waals surface area contributed by atoms with Crippen molar-refractivity contribution < 1.29 is 14.2 Å². The Morgan fingerprint density at radius 2 is 1.88 bits per heavy atom. The first-order valence-corrected chi connectivity index (χ1v) is 11.6. The van der Waals surface area contributed by atoms with Crippen LogP contribution in [0.1, 0.15) is 24.5 Å². The van der Waals surface area contributed by atoms with Crippen LogP contribution in [-0.4, -0.2) is 24.9 Å². The Balaban J connectivity index is 2.00. The molecule has 0 unspecified atom stereocenters. The van der Waals surface area contributed by atoms with Gasteiger partial charge in [0.05, 0.1) is 11.6 Å². The van der Waals surface area contributed by atoms with Gasteiger partial charge < -0.3 is 14.2 Å². The largest absolute Gasteiger partial charge is 0.493 e. The van der Waals surface area contributed by atoms with Gasteiger partial charge in [0.1, 0.15) is 23.4 Å². The van der Waals surface area contributed by atoms with Gasteiger partial charge >= 0.3 is 0 Å². The number of rotatable bonds is 10. The minimum absolute atomic E-state index is 0.0835. The van der Waals surface area contributed by atoms with E-state index >= 15 is 0 Å². The highest BCUT2D eigenvalue weighted by atomic mass is 32.1. The van der Waals surface area contributed by atoms with E-state index in [9.17, 15) is 15.3 Å². The quantitative estimate of drug-likeness (QED) is 0.418. The molecule has 1 heterocycles. The summed E-state index contributed by atoms with van der Waals surface area (Å²) in [5, 5.41) is 18.7. The van der Waals surface area contributed by atoms with Crippen LogP contribution in [0.15, 0.2) is 53.3 Å².